The Morgan fingerprint density at radius 2 is 2.45 bits per heavy atom. The third kappa shape index (κ3) is 3.18. The van der Waals surface area contributed by atoms with Gasteiger partial charge in [0.1, 0.15) is 0 Å². The Morgan fingerprint density at radius 1 is 1.64 bits per heavy atom. The van der Waals surface area contributed by atoms with Crippen molar-refractivity contribution in [2.75, 3.05) is 26.2 Å². The maximum absolute atomic E-state index is 5.57. The third-order valence-electron chi connectivity index (χ3n) is 1.90. The lowest BCUT2D eigenvalue weighted by molar-refractivity contribution is 0.00935. The molecule has 0 aromatic carbocycles. The SMILES string of the molecule is CCNC[C@@H]1CN[C@@H](C)CO1. The van der Waals surface area contributed by atoms with Gasteiger partial charge in [-0.2, -0.15) is 0 Å². The van der Waals surface area contributed by atoms with Gasteiger partial charge in [-0.15, -0.1) is 0 Å². The molecule has 0 bridgehead atoms. The van der Waals surface area contributed by atoms with Crippen molar-refractivity contribution in [3.8, 4) is 0 Å². The van der Waals surface area contributed by atoms with Crippen LogP contribution < -0.4 is 10.6 Å². The summed E-state index contributed by atoms with van der Waals surface area (Å²) >= 11 is 0. The second-order valence-corrected chi connectivity index (χ2v) is 3.07. The molecule has 0 spiro atoms. The lowest BCUT2D eigenvalue weighted by Crippen LogP contribution is -2.48. The molecule has 0 amide bonds. The maximum atomic E-state index is 5.57. The summed E-state index contributed by atoms with van der Waals surface area (Å²) in [7, 11) is 0. The van der Waals surface area contributed by atoms with Gasteiger partial charge in [-0.3, -0.25) is 0 Å². The van der Waals surface area contributed by atoms with E-state index < -0.39 is 0 Å². The van der Waals surface area contributed by atoms with Crippen LogP contribution in [0.3, 0.4) is 0 Å². The number of hydrogen-bond donors (Lipinski definition) is 2. The molecule has 2 N–H and O–H groups in total. The largest absolute Gasteiger partial charge is 0.374 e. The standard InChI is InChI=1S/C8H18N2O/c1-3-9-4-8-5-10-7(2)6-11-8/h7-10H,3-6H2,1-2H3/t7-,8+/m0/s1. The first-order valence-electron chi connectivity index (χ1n) is 4.38. The molecule has 0 aromatic heterocycles. The fraction of sp³-hybridized carbons (Fsp3) is 1.00. The van der Waals surface area contributed by atoms with Crippen molar-refractivity contribution in [3.05, 3.63) is 0 Å². The number of rotatable bonds is 3. The van der Waals surface area contributed by atoms with Gasteiger partial charge in [-0.25, -0.2) is 0 Å². The fourth-order valence-corrected chi connectivity index (χ4v) is 1.17. The average Bonchev–Trinajstić information content (AvgIpc) is 2.04. The van der Waals surface area contributed by atoms with Crippen LogP contribution in [-0.2, 0) is 4.74 Å². The van der Waals surface area contributed by atoms with E-state index in [1.54, 1.807) is 0 Å². The summed E-state index contributed by atoms with van der Waals surface area (Å²) in [5.74, 6) is 0. The van der Waals surface area contributed by atoms with Gasteiger partial charge in [0.25, 0.3) is 0 Å². The topological polar surface area (TPSA) is 33.3 Å². The minimum atomic E-state index is 0.367. The lowest BCUT2D eigenvalue weighted by Gasteiger charge is -2.28. The second kappa shape index (κ2) is 4.70. The highest BCUT2D eigenvalue weighted by molar-refractivity contribution is 4.73. The smallest absolute Gasteiger partial charge is 0.0824 e. The van der Waals surface area contributed by atoms with E-state index >= 15 is 0 Å². The van der Waals surface area contributed by atoms with Gasteiger partial charge in [0.15, 0.2) is 0 Å². The first-order chi connectivity index (χ1) is 5.33. The van der Waals surface area contributed by atoms with Crippen molar-refractivity contribution in [3.63, 3.8) is 0 Å². The molecular formula is C8H18N2O. The van der Waals surface area contributed by atoms with E-state index in [1.165, 1.54) is 0 Å². The van der Waals surface area contributed by atoms with E-state index in [9.17, 15) is 0 Å². The van der Waals surface area contributed by atoms with Gasteiger partial charge >= 0.3 is 0 Å². The fourth-order valence-electron chi connectivity index (χ4n) is 1.17. The maximum Gasteiger partial charge on any atom is 0.0824 e. The first kappa shape index (κ1) is 8.97. The van der Waals surface area contributed by atoms with Gasteiger partial charge in [0.2, 0.25) is 0 Å². The van der Waals surface area contributed by atoms with Crippen LogP contribution in [0.4, 0.5) is 0 Å². The van der Waals surface area contributed by atoms with E-state index in [0.717, 1.165) is 26.2 Å². The summed E-state index contributed by atoms with van der Waals surface area (Å²) in [5, 5.41) is 6.64. The quantitative estimate of drug-likeness (QED) is 0.605. The minimum absolute atomic E-state index is 0.367. The van der Waals surface area contributed by atoms with Gasteiger partial charge in [0.05, 0.1) is 12.7 Å². The van der Waals surface area contributed by atoms with Crippen molar-refractivity contribution in [1.82, 2.24) is 10.6 Å². The zero-order valence-corrected chi connectivity index (χ0v) is 7.39. The molecule has 1 aliphatic heterocycles. The van der Waals surface area contributed by atoms with Gasteiger partial charge in [0, 0.05) is 19.1 Å². The normalized spacial score (nSPS) is 32.2. The van der Waals surface area contributed by atoms with Crippen molar-refractivity contribution in [2.24, 2.45) is 0 Å². The zero-order valence-electron chi connectivity index (χ0n) is 7.39. The third-order valence-corrected chi connectivity index (χ3v) is 1.90. The Morgan fingerprint density at radius 3 is 3.00 bits per heavy atom. The molecule has 0 aliphatic carbocycles. The van der Waals surface area contributed by atoms with E-state index in [-0.39, 0.29) is 0 Å². The molecule has 11 heavy (non-hydrogen) atoms. The van der Waals surface area contributed by atoms with Crippen molar-refractivity contribution >= 4 is 0 Å². The van der Waals surface area contributed by atoms with Crippen LogP contribution >= 0.6 is 0 Å². The Labute approximate surface area is 68.5 Å². The predicted octanol–water partition coefficient (Wildman–Crippen LogP) is -0.0272. The van der Waals surface area contributed by atoms with E-state index in [1.807, 2.05) is 0 Å². The summed E-state index contributed by atoms with van der Waals surface area (Å²) in [6.07, 6.45) is 0.367. The molecule has 1 rings (SSSR count). The predicted molar refractivity (Wildman–Crippen MR) is 45.7 cm³/mol. The van der Waals surface area contributed by atoms with Crippen molar-refractivity contribution in [2.45, 2.75) is 26.0 Å². The highest BCUT2D eigenvalue weighted by atomic mass is 16.5. The first-order valence-corrected chi connectivity index (χ1v) is 4.38. The molecular weight excluding hydrogens is 140 g/mol. The highest BCUT2D eigenvalue weighted by Gasteiger charge is 2.16. The summed E-state index contributed by atoms with van der Waals surface area (Å²) in [5.41, 5.74) is 0. The Hall–Kier alpha value is -0.120. The van der Waals surface area contributed by atoms with Crippen LogP contribution in [0, 0.1) is 0 Å². The Balaban J connectivity index is 2.07. The Bertz CT molecular complexity index is 97.5. The van der Waals surface area contributed by atoms with Crippen LogP contribution in [0.2, 0.25) is 0 Å². The lowest BCUT2D eigenvalue weighted by atomic mass is 10.2. The van der Waals surface area contributed by atoms with Gasteiger partial charge in [-0.1, -0.05) is 6.92 Å². The van der Waals surface area contributed by atoms with Crippen molar-refractivity contribution < 1.29 is 4.74 Å². The van der Waals surface area contributed by atoms with Crippen LogP contribution in [0.15, 0.2) is 0 Å². The van der Waals surface area contributed by atoms with E-state index in [0.29, 0.717) is 12.1 Å². The second-order valence-electron chi connectivity index (χ2n) is 3.07. The number of hydrogen-bond acceptors (Lipinski definition) is 3. The molecule has 1 fully saturated rings. The van der Waals surface area contributed by atoms with Crippen LogP contribution in [-0.4, -0.2) is 38.4 Å². The van der Waals surface area contributed by atoms with Crippen LogP contribution in [0.1, 0.15) is 13.8 Å². The monoisotopic (exact) mass is 158 g/mol. The molecule has 2 atom stereocenters. The van der Waals surface area contributed by atoms with Crippen LogP contribution in [0.5, 0.6) is 0 Å². The molecule has 3 nitrogen and oxygen atoms in total. The number of likely N-dealkylation sites (N-methyl/N-ethyl adjacent to an activating group) is 1. The molecule has 0 aromatic rings. The summed E-state index contributed by atoms with van der Waals surface area (Å²) in [6, 6.07) is 0.521. The molecule has 1 heterocycles. The van der Waals surface area contributed by atoms with Crippen LogP contribution in [0.25, 0.3) is 0 Å². The molecule has 1 aliphatic rings. The minimum Gasteiger partial charge on any atom is -0.374 e. The molecule has 3 heteroatoms. The summed E-state index contributed by atoms with van der Waals surface area (Å²) in [4.78, 5) is 0. The molecule has 1 saturated heterocycles. The highest BCUT2D eigenvalue weighted by Crippen LogP contribution is 1.98. The van der Waals surface area contributed by atoms with Gasteiger partial charge < -0.3 is 15.4 Å². The summed E-state index contributed by atoms with van der Waals surface area (Å²) in [6.45, 7) is 8.07. The molecule has 0 unspecified atom stereocenters. The van der Waals surface area contributed by atoms with E-state index in [2.05, 4.69) is 24.5 Å². The Kier molecular flexibility index (Phi) is 3.83. The molecule has 0 radical (unpaired) electrons. The summed E-state index contributed by atoms with van der Waals surface area (Å²) < 4.78 is 5.57. The molecule has 0 saturated carbocycles. The number of nitrogens with one attached hydrogen (secondary N) is 2. The van der Waals surface area contributed by atoms with E-state index in [4.69, 9.17) is 4.74 Å². The van der Waals surface area contributed by atoms with Gasteiger partial charge in [-0.05, 0) is 13.5 Å². The number of ether oxygens (including phenoxy) is 1. The van der Waals surface area contributed by atoms with Crippen molar-refractivity contribution in [1.29, 1.82) is 0 Å². The number of morpholine rings is 1. The zero-order chi connectivity index (χ0) is 8.10. The average molecular weight is 158 g/mol. The molecule has 66 valence electrons.